The van der Waals surface area contributed by atoms with Crippen LogP contribution in [0.5, 0.6) is 5.75 Å². The summed E-state index contributed by atoms with van der Waals surface area (Å²) < 4.78 is 17.2. The maximum Gasteiger partial charge on any atom is 0.260 e. The number of β-lactam (4-membered cyclic amide) rings is 1. The zero-order valence-electron chi connectivity index (χ0n) is 15.1. The number of ether oxygens (including phenoxy) is 3. The molecule has 0 bridgehead atoms. The molecule has 1 aromatic heterocycles. The van der Waals surface area contributed by atoms with Gasteiger partial charge in [-0.05, 0) is 23.8 Å². The van der Waals surface area contributed by atoms with Crippen LogP contribution >= 0.6 is 15.9 Å². The number of benzene rings is 1. The summed E-state index contributed by atoms with van der Waals surface area (Å²) in [7, 11) is 3.05. The summed E-state index contributed by atoms with van der Waals surface area (Å²) in [5.74, 6) is -0.123. The van der Waals surface area contributed by atoms with Gasteiger partial charge in [-0.25, -0.2) is 0 Å². The lowest BCUT2D eigenvalue weighted by Gasteiger charge is -2.55. The molecule has 1 N–H and O–H groups in total. The van der Waals surface area contributed by atoms with Crippen molar-refractivity contribution >= 4 is 21.8 Å². The molecule has 0 saturated carbocycles. The zero-order chi connectivity index (χ0) is 19.4. The Morgan fingerprint density at radius 1 is 1.22 bits per heavy atom. The van der Waals surface area contributed by atoms with Gasteiger partial charge in [-0.3, -0.25) is 9.78 Å². The molecule has 0 unspecified atom stereocenters. The molecule has 2 aromatic rings. The molecule has 7 nitrogen and oxygen atoms in total. The molecule has 27 heavy (non-hydrogen) atoms. The third-order valence-corrected chi connectivity index (χ3v) is 5.04. The average molecular weight is 437 g/mol. The first-order chi connectivity index (χ1) is 13.0. The van der Waals surface area contributed by atoms with Crippen molar-refractivity contribution in [2.45, 2.75) is 18.1 Å². The number of aromatic hydroxyl groups is 1. The lowest BCUT2D eigenvalue weighted by molar-refractivity contribution is -0.235. The second-order valence-electron chi connectivity index (χ2n) is 6.27. The molecule has 1 aliphatic heterocycles. The van der Waals surface area contributed by atoms with E-state index in [2.05, 4.69) is 20.9 Å². The fourth-order valence-corrected chi connectivity index (χ4v) is 3.65. The smallest absolute Gasteiger partial charge is 0.260 e. The molecule has 3 rings (SSSR count). The molecular weight excluding hydrogens is 416 g/mol. The molecule has 1 saturated heterocycles. The highest BCUT2D eigenvalue weighted by Gasteiger charge is 2.62. The summed E-state index contributed by atoms with van der Waals surface area (Å²) >= 11 is 3.43. The minimum Gasteiger partial charge on any atom is -0.508 e. The van der Waals surface area contributed by atoms with Crippen molar-refractivity contribution in [3.05, 3.63) is 58.3 Å². The minimum atomic E-state index is -1.19. The number of amides is 1. The Labute approximate surface area is 166 Å². The minimum absolute atomic E-state index is 0.0432. The Hall–Kier alpha value is -2.00. The Kier molecular flexibility index (Phi) is 6.11. The zero-order valence-corrected chi connectivity index (χ0v) is 16.7. The number of likely N-dealkylation sites (tertiary alicyclic amines) is 1. The van der Waals surface area contributed by atoms with Gasteiger partial charge in [0, 0.05) is 43.1 Å². The van der Waals surface area contributed by atoms with Crippen LogP contribution in [0.25, 0.3) is 0 Å². The SMILES string of the molecule is COCO[C@@]1(Cc2cc(O)ccn2)C(=O)N(COC)[C@H]1c1ccc(Br)cc1. The van der Waals surface area contributed by atoms with Gasteiger partial charge in [0.15, 0.2) is 5.60 Å². The summed E-state index contributed by atoms with van der Waals surface area (Å²) in [6.07, 6.45) is 1.70. The van der Waals surface area contributed by atoms with Crippen molar-refractivity contribution in [2.75, 3.05) is 27.7 Å². The summed E-state index contributed by atoms with van der Waals surface area (Å²) in [6, 6.07) is 10.3. The predicted octanol–water partition coefficient (Wildman–Crippen LogP) is 2.64. The van der Waals surface area contributed by atoms with E-state index < -0.39 is 5.60 Å². The number of hydrogen-bond donors (Lipinski definition) is 1. The van der Waals surface area contributed by atoms with E-state index in [9.17, 15) is 9.90 Å². The van der Waals surface area contributed by atoms with Crippen LogP contribution in [0.3, 0.4) is 0 Å². The van der Waals surface area contributed by atoms with Gasteiger partial charge >= 0.3 is 0 Å². The van der Waals surface area contributed by atoms with Gasteiger partial charge in [0.1, 0.15) is 19.3 Å². The fourth-order valence-electron chi connectivity index (χ4n) is 3.39. The first-order valence-electron chi connectivity index (χ1n) is 8.34. The number of methoxy groups -OCH3 is 2. The topological polar surface area (TPSA) is 81.1 Å². The van der Waals surface area contributed by atoms with E-state index in [1.165, 1.54) is 25.4 Å². The molecule has 0 aliphatic carbocycles. The van der Waals surface area contributed by atoms with Crippen LogP contribution in [0.4, 0.5) is 0 Å². The average Bonchev–Trinajstić information content (AvgIpc) is 2.66. The monoisotopic (exact) mass is 436 g/mol. The Bertz CT molecular complexity index is 801. The lowest BCUT2D eigenvalue weighted by Crippen LogP contribution is -2.71. The van der Waals surface area contributed by atoms with E-state index in [4.69, 9.17) is 14.2 Å². The standard InChI is InChI=1S/C19H21BrN2O5/c1-25-11-22-17(13-3-5-14(20)6-4-13)19(18(22)24,27-12-26-2)10-15-9-16(23)7-8-21-15/h3-9,17H,10-12H2,1-2H3,(H,21,23)/t17-,19+/m0/s1. The van der Waals surface area contributed by atoms with Gasteiger partial charge in [0.2, 0.25) is 0 Å². The molecule has 144 valence electrons. The number of carbonyl (C=O) groups excluding carboxylic acids is 1. The molecule has 1 aromatic carbocycles. The molecule has 1 amide bonds. The largest absolute Gasteiger partial charge is 0.508 e. The van der Waals surface area contributed by atoms with Crippen LogP contribution in [-0.2, 0) is 25.4 Å². The second kappa shape index (κ2) is 8.35. The molecule has 2 heterocycles. The molecule has 0 spiro atoms. The van der Waals surface area contributed by atoms with Gasteiger partial charge < -0.3 is 24.2 Å². The Morgan fingerprint density at radius 3 is 2.59 bits per heavy atom. The maximum atomic E-state index is 13.1. The van der Waals surface area contributed by atoms with Crippen LogP contribution in [0.2, 0.25) is 0 Å². The molecular formula is C19H21BrN2O5. The van der Waals surface area contributed by atoms with E-state index in [0.29, 0.717) is 5.69 Å². The number of rotatable bonds is 8. The first kappa shape index (κ1) is 19.8. The summed E-state index contributed by atoms with van der Waals surface area (Å²) in [4.78, 5) is 19.0. The molecule has 1 fully saturated rings. The number of aromatic nitrogens is 1. The summed E-state index contributed by atoms with van der Waals surface area (Å²) in [5.41, 5.74) is 0.271. The lowest BCUT2D eigenvalue weighted by atomic mass is 9.75. The highest BCUT2D eigenvalue weighted by atomic mass is 79.9. The van der Waals surface area contributed by atoms with E-state index in [1.54, 1.807) is 12.0 Å². The predicted molar refractivity (Wildman–Crippen MR) is 101 cm³/mol. The van der Waals surface area contributed by atoms with Crippen molar-refractivity contribution < 1.29 is 24.1 Å². The van der Waals surface area contributed by atoms with E-state index in [-0.39, 0.29) is 37.6 Å². The number of hydrogen-bond acceptors (Lipinski definition) is 6. The summed E-state index contributed by atoms with van der Waals surface area (Å²) in [5, 5.41) is 9.77. The summed E-state index contributed by atoms with van der Waals surface area (Å²) in [6.45, 7) is 0.101. The van der Waals surface area contributed by atoms with Gasteiger partial charge in [-0.1, -0.05) is 28.1 Å². The van der Waals surface area contributed by atoms with Gasteiger partial charge in [0.05, 0.1) is 6.04 Å². The van der Waals surface area contributed by atoms with Crippen molar-refractivity contribution in [3.63, 3.8) is 0 Å². The van der Waals surface area contributed by atoms with Crippen LogP contribution in [-0.4, -0.2) is 54.2 Å². The van der Waals surface area contributed by atoms with E-state index in [1.807, 2.05) is 24.3 Å². The third-order valence-electron chi connectivity index (χ3n) is 4.51. The molecule has 1 aliphatic rings. The normalized spacial score (nSPS) is 22.0. The van der Waals surface area contributed by atoms with Crippen molar-refractivity contribution in [3.8, 4) is 5.75 Å². The van der Waals surface area contributed by atoms with E-state index in [0.717, 1.165) is 10.0 Å². The van der Waals surface area contributed by atoms with Gasteiger partial charge in [-0.2, -0.15) is 0 Å². The maximum absolute atomic E-state index is 13.1. The van der Waals surface area contributed by atoms with Crippen molar-refractivity contribution in [1.29, 1.82) is 0 Å². The fraction of sp³-hybridized carbons (Fsp3) is 0.368. The Morgan fingerprint density at radius 2 is 1.96 bits per heavy atom. The van der Waals surface area contributed by atoms with Crippen molar-refractivity contribution in [1.82, 2.24) is 9.88 Å². The first-order valence-corrected chi connectivity index (χ1v) is 9.13. The Balaban J connectivity index is 2.01. The highest BCUT2D eigenvalue weighted by molar-refractivity contribution is 9.10. The number of carbonyl (C=O) groups is 1. The van der Waals surface area contributed by atoms with Crippen LogP contribution in [0, 0.1) is 0 Å². The number of nitrogens with zero attached hydrogens (tertiary/aromatic N) is 2. The molecule has 2 atom stereocenters. The number of pyridine rings is 1. The molecule has 0 radical (unpaired) electrons. The second-order valence-corrected chi connectivity index (χ2v) is 7.18. The van der Waals surface area contributed by atoms with Crippen LogP contribution < -0.4 is 0 Å². The van der Waals surface area contributed by atoms with Crippen molar-refractivity contribution in [2.24, 2.45) is 0 Å². The van der Waals surface area contributed by atoms with E-state index >= 15 is 0 Å². The van der Waals surface area contributed by atoms with Crippen LogP contribution in [0.15, 0.2) is 47.1 Å². The third kappa shape index (κ3) is 3.84. The van der Waals surface area contributed by atoms with Gasteiger partial charge in [-0.15, -0.1) is 0 Å². The number of halogens is 1. The quantitative estimate of drug-likeness (QED) is 0.505. The highest BCUT2D eigenvalue weighted by Crippen LogP contribution is 2.48. The van der Waals surface area contributed by atoms with Crippen LogP contribution in [0.1, 0.15) is 17.3 Å². The molecule has 8 heteroatoms. The van der Waals surface area contributed by atoms with Gasteiger partial charge in [0.25, 0.3) is 5.91 Å².